The molecular weight excluding hydrogens is 630 g/mol. The largest absolute Gasteiger partial charge is 0.481 e. The third kappa shape index (κ3) is 7.20. The Labute approximate surface area is 249 Å². The second-order valence-corrected chi connectivity index (χ2v) is 10.6. The van der Waals surface area contributed by atoms with Gasteiger partial charge in [0.15, 0.2) is 11.5 Å². The molecule has 4 rings (SSSR count). The average Bonchev–Trinajstić information content (AvgIpc) is 3.37. The van der Waals surface area contributed by atoms with Crippen LogP contribution in [0.15, 0.2) is 42.6 Å². The second-order valence-electron chi connectivity index (χ2n) is 10.2. The molecule has 0 atom stereocenters. The summed E-state index contributed by atoms with van der Waals surface area (Å²) in [6.07, 6.45) is -9.61. The lowest BCUT2D eigenvalue weighted by molar-refractivity contribution is -0.147. The number of aliphatic carboxylic acids is 1. The summed E-state index contributed by atoms with van der Waals surface area (Å²) < 4.78 is 113. The summed E-state index contributed by atoms with van der Waals surface area (Å²) in [5, 5.41) is 12.3. The Kier molecular flexibility index (Phi) is 9.37. The van der Waals surface area contributed by atoms with Crippen molar-refractivity contribution in [3.8, 4) is 0 Å². The van der Waals surface area contributed by atoms with Crippen LogP contribution in [0.25, 0.3) is 0 Å². The first-order valence-electron chi connectivity index (χ1n) is 13.0. The van der Waals surface area contributed by atoms with Gasteiger partial charge >= 0.3 is 18.3 Å². The van der Waals surface area contributed by atoms with Crippen LogP contribution in [0, 0.1) is 17.6 Å². The molecule has 0 bridgehead atoms. The molecule has 0 aliphatic heterocycles. The van der Waals surface area contributed by atoms with Gasteiger partial charge in [-0.1, -0.05) is 17.7 Å². The maximum absolute atomic E-state index is 14.4. The fourth-order valence-electron chi connectivity index (χ4n) is 5.23. The number of nitrogens with zero attached hydrogens (tertiary/aromatic N) is 3. The van der Waals surface area contributed by atoms with E-state index < -0.39 is 94.1 Å². The molecule has 1 aromatic heterocycles. The van der Waals surface area contributed by atoms with Crippen molar-refractivity contribution in [2.45, 2.75) is 50.6 Å². The van der Waals surface area contributed by atoms with Crippen LogP contribution in [0.4, 0.5) is 35.1 Å². The Morgan fingerprint density at radius 2 is 1.57 bits per heavy atom. The first-order valence-corrected chi connectivity index (χ1v) is 13.4. The monoisotopic (exact) mass is 651 g/mol. The van der Waals surface area contributed by atoms with E-state index in [4.69, 9.17) is 11.6 Å². The van der Waals surface area contributed by atoms with E-state index in [-0.39, 0.29) is 31.2 Å². The summed E-state index contributed by atoms with van der Waals surface area (Å²) in [5.74, 6) is -7.02. The molecule has 1 aliphatic carbocycles. The van der Waals surface area contributed by atoms with E-state index in [1.54, 1.807) is 0 Å². The summed E-state index contributed by atoms with van der Waals surface area (Å²) in [4.78, 5) is 38.6. The number of carbonyl (C=O) groups is 3. The predicted molar refractivity (Wildman–Crippen MR) is 138 cm³/mol. The van der Waals surface area contributed by atoms with E-state index >= 15 is 0 Å². The number of ketones is 1. The number of benzene rings is 2. The lowest BCUT2D eigenvalue weighted by Crippen LogP contribution is -2.37. The maximum atomic E-state index is 14.4. The molecule has 236 valence electrons. The number of carboxylic acids is 1. The third-order valence-electron chi connectivity index (χ3n) is 7.20. The summed E-state index contributed by atoms with van der Waals surface area (Å²) in [7, 11) is 0. The van der Waals surface area contributed by atoms with E-state index in [2.05, 4.69) is 5.10 Å². The molecule has 1 aliphatic rings. The van der Waals surface area contributed by atoms with Crippen molar-refractivity contribution in [1.29, 1.82) is 0 Å². The van der Waals surface area contributed by atoms with Gasteiger partial charge in [-0.2, -0.15) is 31.4 Å². The smallest absolute Gasteiger partial charge is 0.433 e. The van der Waals surface area contributed by atoms with Crippen LogP contribution in [0.5, 0.6) is 0 Å². The second kappa shape index (κ2) is 12.5. The zero-order valence-corrected chi connectivity index (χ0v) is 23.1. The van der Waals surface area contributed by atoms with E-state index in [1.165, 1.54) is 0 Å². The minimum atomic E-state index is -5.20. The summed E-state index contributed by atoms with van der Waals surface area (Å²) >= 11 is 5.89. The van der Waals surface area contributed by atoms with Crippen molar-refractivity contribution < 1.29 is 54.6 Å². The highest BCUT2D eigenvalue weighted by Crippen LogP contribution is 2.40. The van der Waals surface area contributed by atoms with Gasteiger partial charge in [-0.15, -0.1) is 0 Å². The molecule has 1 fully saturated rings. The van der Waals surface area contributed by atoms with Gasteiger partial charge in [0.25, 0.3) is 5.91 Å². The number of carbonyl (C=O) groups excluding carboxylic acids is 2. The Bertz CT molecular complexity index is 1560. The zero-order chi connectivity index (χ0) is 32.6. The molecule has 44 heavy (non-hydrogen) atoms. The molecular formula is C28H22ClF8N3O4. The molecule has 0 spiro atoms. The highest BCUT2D eigenvalue weighted by atomic mass is 35.5. The van der Waals surface area contributed by atoms with Crippen LogP contribution in [0.2, 0.25) is 5.02 Å². The standard InChI is InChI=1S/C28H22ClF8N3O4/c29-21-3-1-2-20(27(32,33)34)23(21)22(41)13-39(12-14-8-16(30)10-17(31)9-14)25(42)19-11-38-40(24(19)28(35,36)37)18-6-4-15(5-7-18)26(43)44/h1-3,8-11,15,18H,4-7,12-13H2,(H,43,44)/t15-,18-. The molecule has 3 aromatic rings. The highest BCUT2D eigenvalue weighted by molar-refractivity contribution is 6.34. The average molecular weight is 652 g/mol. The van der Waals surface area contributed by atoms with Crippen molar-refractivity contribution in [2.75, 3.05) is 6.54 Å². The summed E-state index contributed by atoms with van der Waals surface area (Å²) in [5.41, 5.74) is -5.42. The van der Waals surface area contributed by atoms with Crippen LogP contribution in [0.1, 0.15) is 69.3 Å². The van der Waals surface area contributed by atoms with Crippen LogP contribution in [-0.2, 0) is 23.7 Å². The molecule has 1 saturated carbocycles. The fourth-order valence-corrected chi connectivity index (χ4v) is 5.51. The van der Waals surface area contributed by atoms with Crippen molar-refractivity contribution in [3.63, 3.8) is 0 Å². The van der Waals surface area contributed by atoms with Gasteiger partial charge in [0.2, 0.25) is 0 Å². The van der Waals surface area contributed by atoms with Gasteiger partial charge in [-0.3, -0.25) is 19.1 Å². The Hall–Kier alpha value is -4.01. The van der Waals surface area contributed by atoms with Gasteiger partial charge in [-0.25, -0.2) is 8.78 Å². The molecule has 16 heteroatoms. The molecule has 1 amide bonds. The first-order chi connectivity index (χ1) is 20.5. The van der Waals surface area contributed by atoms with Gasteiger partial charge in [-0.05, 0) is 55.5 Å². The predicted octanol–water partition coefficient (Wildman–Crippen LogP) is 7.19. The van der Waals surface area contributed by atoms with Gasteiger partial charge < -0.3 is 10.0 Å². The van der Waals surface area contributed by atoms with Crippen molar-refractivity contribution >= 4 is 29.3 Å². The van der Waals surface area contributed by atoms with E-state index in [0.717, 1.165) is 24.3 Å². The van der Waals surface area contributed by atoms with E-state index in [1.807, 2.05) is 0 Å². The van der Waals surface area contributed by atoms with Crippen molar-refractivity contribution in [3.05, 3.63) is 87.2 Å². The Balaban J connectivity index is 1.76. The lowest BCUT2D eigenvalue weighted by atomic mass is 9.86. The maximum Gasteiger partial charge on any atom is 0.433 e. The van der Waals surface area contributed by atoms with E-state index in [9.17, 15) is 54.6 Å². The normalized spacial score (nSPS) is 17.4. The Morgan fingerprint density at radius 3 is 2.11 bits per heavy atom. The minimum absolute atomic E-state index is 0.00709. The number of carboxylic acid groups (broad SMARTS) is 1. The SMILES string of the molecule is O=C(CN(Cc1cc(F)cc(F)c1)C(=O)c1cnn([C@H]2CC[C@H](C(=O)O)CC2)c1C(F)(F)F)c1c(Cl)cccc1C(F)(F)F. The molecule has 0 radical (unpaired) electrons. The van der Waals surface area contributed by atoms with Gasteiger partial charge in [0.05, 0.1) is 46.4 Å². The number of halogens is 9. The molecule has 2 aromatic carbocycles. The van der Waals surface area contributed by atoms with Crippen LogP contribution in [0.3, 0.4) is 0 Å². The van der Waals surface area contributed by atoms with Crippen LogP contribution < -0.4 is 0 Å². The lowest BCUT2D eigenvalue weighted by Gasteiger charge is -2.28. The number of rotatable bonds is 8. The summed E-state index contributed by atoms with van der Waals surface area (Å²) in [6.45, 7) is -2.13. The topological polar surface area (TPSA) is 92.5 Å². The molecule has 1 N–H and O–H groups in total. The number of hydrogen-bond donors (Lipinski definition) is 1. The fraction of sp³-hybridized carbons (Fsp3) is 0.357. The highest BCUT2D eigenvalue weighted by Gasteiger charge is 2.44. The molecule has 7 nitrogen and oxygen atoms in total. The zero-order valence-electron chi connectivity index (χ0n) is 22.4. The number of Topliss-reactive ketones (excluding diaryl/α,β-unsaturated/α-hetero) is 1. The Morgan fingerprint density at radius 1 is 0.955 bits per heavy atom. The van der Waals surface area contributed by atoms with Gasteiger partial charge in [0.1, 0.15) is 11.6 Å². The quantitative estimate of drug-likeness (QED) is 0.206. The number of alkyl halides is 6. The van der Waals surface area contributed by atoms with Crippen LogP contribution >= 0.6 is 11.6 Å². The third-order valence-corrected chi connectivity index (χ3v) is 7.52. The van der Waals surface area contributed by atoms with Crippen LogP contribution in [-0.4, -0.2) is 44.0 Å². The minimum Gasteiger partial charge on any atom is -0.481 e. The van der Waals surface area contributed by atoms with Crippen molar-refractivity contribution in [2.24, 2.45) is 5.92 Å². The van der Waals surface area contributed by atoms with Crippen molar-refractivity contribution in [1.82, 2.24) is 14.7 Å². The number of amides is 1. The first kappa shape index (κ1) is 32.9. The number of aromatic nitrogens is 2. The molecule has 1 heterocycles. The van der Waals surface area contributed by atoms with E-state index in [0.29, 0.717) is 27.9 Å². The molecule has 0 saturated heterocycles. The number of hydrogen-bond acceptors (Lipinski definition) is 4. The summed E-state index contributed by atoms with van der Waals surface area (Å²) in [6, 6.07) is 3.47. The van der Waals surface area contributed by atoms with Gasteiger partial charge in [0, 0.05) is 12.6 Å². The molecule has 0 unspecified atom stereocenters.